The van der Waals surface area contributed by atoms with Gasteiger partial charge in [0.2, 0.25) is 0 Å². The Kier molecular flexibility index (Phi) is 5.01. The smallest absolute Gasteiger partial charge is 0.253 e. The molecule has 1 heterocycles. The number of rotatable bonds is 4. The van der Waals surface area contributed by atoms with Crippen LogP contribution in [-0.2, 0) is 0 Å². The maximum Gasteiger partial charge on any atom is 0.253 e. The second kappa shape index (κ2) is 6.75. The van der Waals surface area contributed by atoms with Gasteiger partial charge in [-0.25, -0.2) is 0 Å². The van der Waals surface area contributed by atoms with E-state index in [1.165, 1.54) is 0 Å². The number of carbonyl (C=O) groups excluding carboxylic acids is 1. The number of likely N-dealkylation sites (tertiary alicyclic amines) is 1. The second-order valence-electron chi connectivity index (χ2n) is 5.75. The molecule has 20 heavy (non-hydrogen) atoms. The van der Waals surface area contributed by atoms with E-state index in [0.717, 1.165) is 50.1 Å². The first-order chi connectivity index (χ1) is 9.61. The Balaban J connectivity index is 1.95. The van der Waals surface area contributed by atoms with Crippen molar-refractivity contribution in [3.05, 3.63) is 29.8 Å². The molecule has 0 atom stereocenters. The van der Waals surface area contributed by atoms with Crippen molar-refractivity contribution in [2.75, 3.05) is 38.6 Å². The summed E-state index contributed by atoms with van der Waals surface area (Å²) < 4.78 is 0. The highest BCUT2D eigenvalue weighted by molar-refractivity contribution is 5.94. The van der Waals surface area contributed by atoms with Crippen LogP contribution in [0.3, 0.4) is 0 Å². The quantitative estimate of drug-likeness (QED) is 0.914. The van der Waals surface area contributed by atoms with Gasteiger partial charge in [0.15, 0.2) is 0 Å². The first-order valence-electron chi connectivity index (χ1n) is 7.38. The Morgan fingerprint density at radius 1 is 1.25 bits per heavy atom. The Morgan fingerprint density at radius 2 is 1.85 bits per heavy atom. The van der Waals surface area contributed by atoms with Gasteiger partial charge < -0.3 is 15.5 Å². The van der Waals surface area contributed by atoms with Crippen molar-refractivity contribution in [3.63, 3.8) is 0 Å². The predicted molar refractivity (Wildman–Crippen MR) is 83.1 cm³/mol. The molecule has 1 saturated heterocycles. The number of hydrogen-bond acceptors (Lipinski definition) is 3. The highest BCUT2D eigenvalue weighted by Crippen LogP contribution is 2.22. The average Bonchev–Trinajstić information content (AvgIpc) is 2.48. The summed E-state index contributed by atoms with van der Waals surface area (Å²) in [6.45, 7) is 2.47. The molecule has 1 aromatic carbocycles. The summed E-state index contributed by atoms with van der Waals surface area (Å²) in [5, 5.41) is 0. The fourth-order valence-corrected chi connectivity index (χ4v) is 2.75. The van der Waals surface area contributed by atoms with E-state index in [2.05, 4.69) is 0 Å². The zero-order valence-corrected chi connectivity index (χ0v) is 12.5. The van der Waals surface area contributed by atoms with Gasteiger partial charge in [-0.3, -0.25) is 4.79 Å². The Hall–Kier alpha value is -1.55. The lowest BCUT2D eigenvalue weighted by Crippen LogP contribution is -2.38. The minimum Gasteiger partial charge on any atom is -0.378 e. The number of carbonyl (C=O) groups is 1. The monoisotopic (exact) mass is 275 g/mol. The number of anilines is 1. The van der Waals surface area contributed by atoms with Crippen LogP contribution >= 0.6 is 0 Å². The van der Waals surface area contributed by atoms with Crippen LogP contribution in [0, 0.1) is 5.92 Å². The summed E-state index contributed by atoms with van der Waals surface area (Å²) in [6.07, 6.45) is 3.25. The van der Waals surface area contributed by atoms with E-state index in [4.69, 9.17) is 5.73 Å². The molecular formula is C16H25N3O. The number of benzene rings is 1. The van der Waals surface area contributed by atoms with E-state index >= 15 is 0 Å². The van der Waals surface area contributed by atoms with E-state index in [9.17, 15) is 4.79 Å². The largest absolute Gasteiger partial charge is 0.378 e. The SMILES string of the molecule is CN(C)c1ccc(C(=O)N2CCC(CCN)CC2)cc1. The molecule has 110 valence electrons. The van der Waals surface area contributed by atoms with Crippen LogP contribution in [-0.4, -0.2) is 44.5 Å². The minimum atomic E-state index is 0.154. The lowest BCUT2D eigenvalue weighted by Gasteiger charge is -2.32. The number of nitrogens with zero attached hydrogens (tertiary/aromatic N) is 2. The third-order valence-corrected chi connectivity index (χ3v) is 4.11. The number of piperidine rings is 1. The fourth-order valence-electron chi connectivity index (χ4n) is 2.75. The first-order valence-corrected chi connectivity index (χ1v) is 7.38. The molecule has 0 radical (unpaired) electrons. The summed E-state index contributed by atoms with van der Waals surface area (Å²) in [5.41, 5.74) is 7.50. The Morgan fingerprint density at radius 3 is 2.35 bits per heavy atom. The number of hydrogen-bond donors (Lipinski definition) is 1. The predicted octanol–water partition coefficient (Wildman–Crippen LogP) is 1.95. The molecule has 1 aliphatic rings. The summed E-state index contributed by atoms with van der Waals surface area (Å²) in [5.74, 6) is 0.849. The third kappa shape index (κ3) is 3.51. The van der Waals surface area contributed by atoms with Crippen LogP contribution in [0.4, 0.5) is 5.69 Å². The molecule has 1 fully saturated rings. The minimum absolute atomic E-state index is 0.154. The molecule has 0 spiro atoms. The molecule has 1 amide bonds. The third-order valence-electron chi connectivity index (χ3n) is 4.11. The fraction of sp³-hybridized carbons (Fsp3) is 0.562. The highest BCUT2D eigenvalue weighted by Gasteiger charge is 2.23. The van der Waals surface area contributed by atoms with Crippen LogP contribution in [0.1, 0.15) is 29.6 Å². The Labute approximate surface area is 121 Å². The van der Waals surface area contributed by atoms with Gasteiger partial charge in [-0.05, 0) is 56.0 Å². The van der Waals surface area contributed by atoms with Gasteiger partial charge in [-0.2, -0.15) is 0 Å². The molecular weight excluding hydrogens is 250 g/mol. The van der Waals surface area contributed by atoms with Crippen molar-refractivity contribution in [1.82, 2.24) is 4.90 Å². The molecule has 0 aliphatic carbocycles. The van der Waals surface area contributed by atoms with E-state index in [1.54, 1.807) is 0 Å². The van der Waals surface area contributed by atoms with E-state index in [1.807, 2.05) is 48.2 Å². The van der Waals surface area contributed by atoms with Crippen molar-refractivity contribution in [2.24, 2.45) is 11.7 Å². The molecule has 2 rings (SSSR count). The summed E-state index contributed by atoms with van der Waals surface area (Å²) >= 11 is 0. The van der Waals surface area contributed by atoms with Gasteiger partial charge >= 0.3 is 0 Å². The van der Waals surface area contributed by atoms with Gasteiger partial charge in [0, 0.05) is 38.4 Å². The molecule has 2 N–H and O–H groups in total. The van der Waals surface area contributed by atoms with Gasteiger partial charge in [-0.1, -0.05) is 0 Å². The van der Waals surface area contributed by atoms with Gasteiger partial charge in [0.05, 0.1) is 0 Å². The molecule has 0 saturated carbocycles. The lowest BCUT2D eigenvalue weighted by molar-refractivity contribution is 0.0688. The van der Waals surface area contributed by atoms with Crippen molar-refractivity contribution < 1.29 is 4.79 Å². The molecule has 0 aromatic heterocycles. The van der Waals surface area contributed by atoms with Crippen molar-refractivity contribution in [3.8, 4) is 0 Å². The molecule has 0 unspecified atom stereocenters. The maximum atomic E-state index is 12.4. The molecule has 1 aliphatic heterocycles. The van der Waals surface area contributed by atoms with E-state index in [-0.39, 0.29) is 5.91 Å². The van der Waals surface area contributed by atoms with Crippen LogP contribution in [0.15, 0.2) is 24.3 Å². The molecule has 4 nitrogen and oxygen atoms in total. The highest BCUT2D eigenvalue weighted by atomic mass is 16.2. The van der Waals surface area contributed by atoms with Gasteiger partial charge in [0.1, 0.15) is 0 Å². The zero-order valence-electron chi connectivity index (χ0n) is 12.5. The number of amides is 1. The maximum absolute atomic E-state index is 12.4. The lowest BCUT2D eigenvalue weighted by atomic mass is 9.93. The normalized spacial score (nSPS) is 16.2. The van der Waals surface area contributed by atoms with Gasteiger partial charge in [-0.15, -0.1) is 0 Å². The number of nitrogens with two attached hydrogens (primary N) is 1. The molecule has 0 bridgehead atoms. The summed E-state index contributed by atoms with van der Waals surface area (Å²) in [6, 6.07) is 7.83. The topological polar surface area (TPSA) is 49.6 Å². The Bertz CT molecular complexity index is 434. The van der Waals surface area contributed by atoms with Crippen molar-refractivity contribution in [2.45, 2.75) is 19.3 Å². The second-order valence-corrected chi connectivity index (χ2v) is 5.75. The van der Waals surface area contributed by atoms with Crippen LogP contribution in [0.25, 0.3) is 0 Å². The standard InChI is InChI=1S/C16H25N3O/c1-18(2)15-5-3-14(4-6-15)16(20)19-11-8-13(7-10-17)9-12-19/h3-6,13H,7-12,17H2,1-2H3. The molecule has 4 heteroatoms. The van der Waals surface area contributed by atoms with Crippen LogP contribution < -0.4 is 10.6 Å². The average molecular weight is 275 g/mol. The van der Waals surface area contributed by atoms with Gasteiger partial charge in [0.25, 0.3) is 5.91 Å². The molecule has 1 aromatic rings. The van der Waals surface area contributed by atoms with E-state index < -0.39 is 0 Å². The van der Waals surface area contributed by atoms with Crippen LogP contribution in [0.2, 0.25) is 0 Å². The first kappa shape index (κ1) is 14.9. The zero-order chi connectivity index (χ0) is 14.5. The van der Waals surface area contributed by atoms with E-state index in [0.29, 0.717) is 5.92 Å². The van der Waals surface area contributed by atoms with Crippen molar-refractivity contribution in [1.29, 1.82) is 0 Å². The summed E-state index contributed by atoms with van der Waals surface area (Å²) in [4.78, 5) is 16.4. The summed E-state index contributed by atoms with van der Waals surface area (Å²) in [7, 11) is 4.00. The van der Waals surface area contributed by atoms with Crippen molar-refractivity contribution >= 4 is 11.6 Å². The van der Waals surface area contributed by atoms with Crippen LogP contribution in [0.5, 0.6) is 0 Å².